The Hall–Kier alpha value is -3.38. The molecule has 0 bridgehead atoms. The van der Waals surface area contributed by atoms with Crippen molar-refractivity contribution in [2.24, 2.45) is 5.41 Å². The maximum absolute atomic E-state index is 4.07. The molecular weight excluding hydrogens is 360 g/mol. The summed E-state index contributed by atoms with van der Waals surface area (Å²) in [5, 5.41) is 0. The van der Waals surface area contributed by atoms with Crippen molar-refractivity contribution in [3.63, 3.8) is 0 Å². The van der Waals surface area contributed by atoms with Crippen molar-refractivity contribution in [2.75, 3.05) is 0 Å². The Bertz CT molecular complexity index is 1070. The average molecular weight is 389 g/mol. The van der Waals surface area contributed by atoms with Gasteiger partial charge in [-0.2, -0.15) is 0 Å². The third-order valence-corrected chi connectivity index (χ3v) is 6.05. The lowest BCUT2D eigenvalue weighted by molar-refractivity contribution is 0.413. The Morgan fingerprint density at radius 2 is 1.30 bits per heavy atom. The lowest BCUT2D eigenvalue weighted by atomic mass is 9.66. The summed E-state index contributed by atoms with van der Waals surface area (Å²) in [6.07, 6.45) is 13.7. The van der Waals surface area contributed by atoms with Crippen LogP contribution in [0.2, 0.25) is 0 Å². The van der Waals surface area contributed by atoms with Gasteiger partial charge in [-0.25, -0.2) is 0 Å². The Kier molecular flexibility index (Phi) is 5.95. The van der Waals surface area contributed by atoms with Crippen LogP contribution < -0.4 is 0 Å². The Morgan fingerprint density at radius 3 is 1.93 bits per heavy atom. The predicted molar refractivity (Wildman–Crippen MR) is 131 cm³/mol. The van der Waals surface area contributed by atoms with Crippen molar-refractivity contribution in [3.8, 4) is 22.3 Å². The topological polar surface area (TPSA) is 0 Å². The van der Waals surface area contributed by atoms with E-state index in [0.717, 1.165) is 19.3 Å². The average Bonchev–Trinajstić information content (AvgIpc) is 2.80. The normalized spacial score (nSPS) is 14.7. The van der Waals surface area contributed by atoms with E-state index >= 15 is 0 Å². The third-order valence-electron chi connectivity index (χ3n) is 6.05. The molecule has 4 rings (SSSR count). The molecule has 0 saturated heterocycles. The fraction of sp³-hybridized carbons (Fsp3) is 0.133. The standard InChI is InChI=1S/C30H28/c1-3-21-30(22-4-2)23-12-11-20-28(30)27-19-13-18-26(24-14-7-5-8-15-24)29(27)25-16-9-6-10-17-25/h3-20H,1-2,21-23H2. The molecule has 0 fully saturated rings. The van der Waals surface area contributed by atoms with E-state index in [0.29, 0.717) is 0 Å². The van der Waals surface area contributed by atoms with Gasteiger partial charge in [0.15, 0.2) is 0 Å². The zero-order valence-electron chi connectivity index (χ0n) is 17.4. The molecule has 0 spiro atoms. The highest BCUT2D eigenvalue weighted by Crippen LogP contribution is 2.50. The van der Waals surface area contributed by atoms with E-state index in [9.17, 15) is 0 Å². The van der Waals surface area contributed by atoms with E-state index in [1.807, 2.05) is 0 Å². The highest BCUT2D eigenvalue weighted by molar-refractivity contribution is 5.94. The van der Waals surface area contributed by atoms with Gasteiger partial charge in [0.2, 0.25) is 0 Å². The van der Waals surface area contributed by atoms with E-state index in [1.54, 1.807) is 0 Å². The molecule has 3 aromatic carbocycles. The van der Waals surface area contributed by atoms with Crippen LogP contribution in [-0.2, 0) is 0 Å². The molecule has 0 heterocycles. The summed E-state index contributed by atoms with van der Waals surface area (Å²) in [5.41, 5.74) is 7.72. The first-order chi connectivity index (χ1) is 14.8. The molecule has 3 aromatic rings. The molecule has 0 N–H and O–H groups in total. The van der Waals surface area contributed by atoms with Gasteiger partial charge in [-0.3, -0.25) is 0 Å². The SMILES string of the molecule is C=CCC1(CC=C)CC=CC=C1c1cccc(-c2ccccc2)c1-c1ccccc1. The molecule has 0 amide bonds. The minimum atomic E-state index is -0.00289. The fourth-order valence-electron chi connectivity index (χ4n) is 4.69. The molecule has 1 aliphatic carbocycles. The van der Waals surface area contributed by atoms with Gasteiger partial charge in [-0.1, -0.05) is 109 Å². The van der Waals surface area contributed by atoms with Gasteiger partial charge >= 0.3 is 0 Å². The van der Waals surface area contributed by atoms with Gasteiger partial charge in [0.25, 0.3) is 0 Å². The summed E-state index contributed by atoms with van der Waals surface area (Å²) >= 11 is 0. The summed E-state index contributed by atoms with van der Waals surface area (Å²) in [6, 6.07) is 28.1. The molecule has 0 nitrogen and oxygen atoms in total. The minimum absolute atomic E-state index is 0.00289. The second-order valence-electron chi connectivity index (χ2n) is 7.94. The predicted octanol–water partition coefficient (Wildman–Crippen LogP) is 8.50. The highest BCUT2D eigenvalue weighted by atomic mass is 14.4. The molecule has 0 saturated carbocycles. The molecule has 0 heteroatoms. The third kappa shape index (κ3) is 3.74. The van der Waals surface area contributed by atoms with E-state index in [1.165, 1.54) is 33.4 Å². The van der Waals surface area contributed by atoms with E-state index in [4.69, 9.17) is 0 Å². The number of rotatable bonds is 7. The largest absolute Gasteiger partial charge is 0.103 e. The first-order valence-corrected chi connectivity index (χ1v) is 10.6. The van der Waals surface area contributed by atoms with Crippen molar-refractivity contribution >= 4 is 5.57 Å². The smallest absolute Gasteiger partial charge is 0.00623 e. The lowest BCUT2D eigenvalue weighted by Crippen LogP contribution is -2.23. The Labute approximate surface area is 180 Å². The van der Waals surface area contributed by atoms with Gasteiger partial charge < -0.3 is 0 Å². The highest BCUT2D eigenvalue weighted by Gasteiger charge is 2.34. The molecule has 148 valence electrons. The first-order valence-electron chi connectivity index (χ1n) is 10.6. The van der Waals surface area contributed by atoms with Crippen LogP contribution in [0.4, 0.5) is 0 Å². The molecule has 0 unspecified atom stereocenters. The molecule has 0 aromatic heterocycles. The van der Waals surface area contributed by atoms with Crippen molar-refractivity contribution in [3.05, 3.63) is 128 Å². The maximum atomic E-state index is 4.07. The van der Waals surface area contributed by atoms with Crippen LogP contribution in [0.1, 0.15) is 24.8 Å². The van der Waals surface area contributed by atoms with E-state index < -0.39 is 0 Å². The fourth-order valence-corrected chi connectivity index (χ4v) is 4.69. The zero-order chi connectivity index (χ0) is 20.8. The van der Waals surface area contributed by atoms with Gasteiger partial charge in [0, 0.05) is 5.41 Å². The quantitative estimate of drug-likeness (QED) is 0.356. The monoisotopic (exact) mass is 388 g/mol. The van der Waals surface area contributed by atoms with Crippen molar-refractivity contribution < 1.29 is 0 Å². The first kappa shape index (κ1) is 19.9. The molecule has 0 radical (unpaired) electrons. The maximum Gasteiger partial charge on any atom is 0.00623 e. The number of allylic oxidation sites excluding steroid dienone is 6. The van der Waals surface area contributed by atoms with E-state index in [2.05, 4.69) is 122 Å². The zero-order valence-corrected chi connectivity index (χ0v) is 17.4. The number of hydrogen-bond donors (Lipinski definition) is 0. The molecule has 1 aliphatic rings. The van der Waals surface area contributed by atoms with Crippen LogP contribution in [0, 0.1) is 5.41 Å². The summed E-state index contributed by atoms with van der Waals surface area (Å²) in [6.45, 7) is 8.14. The van der Waals surface area contributed by atoms with Crippen molar-refractivity contribution in [2.45, 2.75) is 19.3 Å². The molecular formula is C30H28. The van der Waals surface area contributed by atoms with Gasteiger partial charge in [-0.05, 0) is 52.7 Å². The van der Waals surface area contributed by atoms with Crippen molar-refractivity contribution in [1.29, 1.82) is 0 Å². The van der Waals surface area contributed by atoms with E-state index in [-0.39, 0.29) is 5.41 Å². The van der Waals surface area contributed by atoms with Crippen LogP contribution in [0.15, 0.2) is 122 Å². The number of hydrogen-bond acceptors (Lipinski definition) is 0. The summed E-state index contributed by atoms with van der Waals surface area (Å²) in [4.78, 5) is 0. The van der Waals surface area contributed by atoms with Crippen LogP contribution in [0.3, 0.4) is 0 Å². The van der Waals surface area contributed by atoms with Crippen LogP contribution in [0.25, 0.3) is 27.8 Å². The molecule has 30 heavy (non-hydrogen) atoms. The second kappa shape index (κ2) is 8.97. The number of benzene rings is 3. The minimum Gasteiger partial charge on any atom is -0.103 e. The molecule has 0 aliphatic heterocycles. The van der Waals surface area contributed by atoms with Crippen LogP contribution in [-0.4, -0.2) is 0 Å². The lowest BCUT2D eigenvalue weighted by Gasteiger charge is -2.37. The van der Waals surface area contributed by atoms with Gasteiger partial charge in [0.1, 0.15) is 0 Å². The summed E-state index contributed by atoms with van der Waals surface area (Å²) in [7, 11) is 0. The Balaban J connectivity index is 2.00. The summed E-state index contributed by atoms with van der Waals surface area (Å²) < 4.78 is 0. The second-order valence-corrected chi connectivity index (χ2v) is 7.94. The van der Waals surface area contributed by atoms with Gasteiger partial charge in [-0.15, -0.1) is 13.2 Å². The van der Waals surface area contributed by atoms with Crippen LogP contribution >= 0.6 is 0 Å². The Morgan fingerprint density at radius 1 is 0.700 bits per heavy atom. The molecule has 0 atom stereocenters. The van der Waals surface area contributed by atoms with Crippen molar-refractivity contribution in [1.82, 2.24) is 0 Å². The van der Waals surface area contributed by atoms with Crippen LogP contribution in [0.5, 0.6) is 0 Å². The van der Waals surface area contributed by atoms with Gasteiger partial charge in [0.05, 0.1) is 0 Å². The summed E-state index contributed by atoms with van der Waals surface area (Å²) in [5.74, 6) is 0.